The molecule has 2 aromatic carbocycles. The van der Waals surface area contributed by atoms with Crippen molar-refractivity contribution in [1.29, 1.82) is 0 Å². The van der Waals surface area contributed by atoms with Gasteiger partial charge in [0.15, 0.2) is 0 Å². The summed E-state index contributed by atoms with van der Waals surface area (Å²) in [5, 5.41) is 8.94. The Bertz CT molecular complexity index is 1170. The lowest BCUT2D eigenvalue weighted by Gasteiger charge is -2.10. The first-order valence-electron chi connectivity index (χ1n) is 8.28. The number of hydrogen-bond acceptors (Lipinski definition) is 5. The summed E-state index contributed by atoms with van der Waals surface area (Å²) >= 11 is 0. The molecule has 0 bridgehead atoms. The van der Waals surface area contributed by atoms with E-state index in [0.29, 0.717) is 16.9 Å². The number of aromatic nitrogens is 3. The molecule has 0 aliphatic heterocycles. The van der Waals surface area contributed by atoms with Gasteiger partial charge in [-0.05, 0) is 35.4 Å². The van der Waals surface area contributed by atoms with Crippen LogP contribution in [-0.4, -0.2) is 32.3 Å². The number of H-pyrrole nitrogens is 1. The van der Waals surface area contributed by atoms with Gasteiger partial charge in [-0.15, -0.1) is 0 Å². The van der Waals surface area contributed by atoms with Gasteiger partial charge in [-0.2, -0.15) is 0 Å². The van der Waals surface area contributed by atoms with Crippen molar-refractivity contribution >= 4 is 5.97 Å². The average Bonchev–Trinajstić information content (AvgIpc) is 2.69. The molecule has 3 rings (SSSR count). The molecule has 1 heterocycles. The molecule has 3 aromatic rings. The van der Waals surface area contributed by atoms with Crippen molar-refractivity contribution in [1.82, 2.24) is 14.1 Å². The number of rotatable bonds is 6. The fourth-order valence-electron chi connectivity index (χ4n) is 2.67. The topological polar surface area (TPSA) is 123 Å². The third kappa shape index (κ3) is 3.93. The molecule has 0 atom stereocenters. The van der Waals surface area contributed by atoms with E-state index < -0.39 is 23.0 Å². The highest BCUT2D eigenvalue weighted by atomic mass is 16.5. The number of nitrogens with one attached hydrogen (secondary N) is 1. The highest BCUT2D eigenvalue weighted by Crippen LogP contribution is 2.11. The Labute approximate surface area is 158 Å². The highest BCUT2D eigenvalue weighted by molar-refractivity contribution is 5.87. The lowest BCUT2D eigenvalue weighted by atomic mass is 10.1. The minimum Gasteiger partial charge on any atom is -0.497 e. The molecular weight excluding hydrogens is 366 g/mol. The lowest BCUT2D eigenvalue weighted by molar-refractivity contribution is 0.0697. The molecule has 0 aliphatic carbocycles. The molecule has 0 amide bonds. The Morgan fingerprint density at radius 3 is 1.79 bits per heavy atom. The second kappa shape index (κ2) is 7.78. The van der Waals surface area contributed by atoms with Gasteiger partial charge in [0.25, 0.3) is 0 Å². The number of benzene rings is 2. The van der Waals surface area contributed by atoms with Gasteiger partial charge >= 0.3 is 23.0 Å². The number of aromatic carboxylic acids is 1. The van der Waals surface area contributed by atoms with Crippen LogP contribution < -0.4 is 21.8 Å². The summed E-state index contributed by atoms with van der Waals surface area (Å²) in [4.78, 5) is 50.0. The second-order valence-corrected chi connectivity index (χ2v) is 6.04. The number of carbonyl (C=O) groups is 1. The van der Waals surface area contributed by atoms with Crippen molar-refractivity contribution in [2.45, 2.75) is 13.1 Å². The second-order valence-electron chi connectivity index (χ2n) is 6.04. The maximum absolute atomic E-state index is 12.7. The Hall–Kier alpha value is -3.88. The number of hydrogen-bond donors (Lipinski definition) is 2. The summed E-state index contributed by atoms with van der Waals surface area (Å²) < 4.78 is 6.89. The molecular formula is C19H17N3O6. The first-order valence-corrected chi connectivity index (χ1v) is 8.28. The first kappa shape index (κ1) is 18.9. The van der Waals surface area contributed by atoms with Gasteiger partial charge in [-0.3, -0.25) is 4.98 Å². The largest absolute Gasteiger partial charge is 0.497 e. The smallest absolute Gasteiger partial charge is 0.336 e. The fourth-order valence-corrected chi connectivity index (χ4v) is 2.67. The third-order valence-corrected chi connectivity index (χ3v) is 4.21. The average molecular weight is 383 g/mol. The molecule has 0 spiro atoms. The SMILES string of the molecule is COc1ccc(Cn2c(=O)[nH]c(=O)n(Cc3ccc(C(=O)O)cc3)c2=O)cc1. The minimum absolute atomic E-state index is 0.0175. The fraction of sp³-hybridized carbons (Fsp3) is 0.158. The Morgan fingerprint density at radius 1 is 0.893 bits per heavy atom. The van der Waals surface area contributed by atoms with Crippen LogP contribution in [0.4, 0.5) is 0 Å². The van der Waals surface area contributed by atoms with Gasteiger partial charge in [-0.25, -0.2) is 28.3 Å². The number of carboxylic acid groups (broad SMARTS) is 1. The van der Waals surface area contributed by atoms with E-state index in [-0.39, 0.29) is 18.7 Å². The normalized spacial score (nSPS) is 10.6. The van der Waals surface area contributed by atoms with Gasteiger partial charge in [0, 0.05) is 0 Å². The monoisotopic (exact) mass is 383 g/mol. The van der Waals surface area contributed by atoms with E-state index in [1.807, 2.05) is 0 Å². The standard InChI is InChI=1S/C19H17N3O6/c1-28-15-8-4-13(5-9-15)11-22-18(26)20-17(25)21(19(22)27)10-12-2-6-14(7-3-12)16(23)24/h2-9H,10-11H2,1H3,(H,23,24)(H,20,25,26). The zero-order chi connectivity index (χ0) is 20.3. The van der Waals surface area contributed by atoms with E-state index in [1.54, 1.807) is 24.3 Å². The maximum atomic E-state index is 12.7. The van der Waals surface area contributed by atoms with Crippen LogP contribution in [0.5, 0.6) is 5.75 Å². The Morgan fingerprint density at radius 2 is 1.36 bits per heavy atom. The minimum atomic E-state index is -1.07. The summed E-state index contributed by atoms with van der Waals surface area (Å²) in [7, 11) is 1.53. The molecule has 144 valence electrons. The van der Waals surface area contributed by atoms with E-state index in [4.69, 9.17) is 9.84 Å². The van der Waals surface area contributed by atoms with Crippen LogP contribution in [-0.2, 0) is 13.1 Å². The Balaban J connectivity index is 1.95. The van der Waals surface area contributed by atoms with Crippen molar-refractivity contribution < 1.29 is 14.6 Å². The predicted octanol–water partition coefficient (Wildman–Crippen LogP) is 0.502. The van der Waals surface area contributed by atoms with Crippen molar-refractivity contribution in [2.75, 3.05) is 7.11 Å². The van der Waals surface area contributed by atoms with Gasteiger partial charge in [-0.1, -0.05) is 24.3 Å². The molecule has 28 heavy (non-hydrogen) atoms. The predicted molar refractivity (Wildman–Crippen MR) is 100 cm³/mol. The molecule has 0 fully saturated rings. The highest BCUT2D eigenvalue weighted by Gasteiger charge is 2.11. The molecule has 9 heteroatoms. The van der Waals surface area contributed by atoms with Crippen molar-refractivity contribution in [3.63, 3.8) is 0 Å². The molecule has 1 aromatic heterocycles. The number of methoxy groups -OCH3 is 1. The van der Waals surface area contributed by atoms with Crippen LogP contribution in [0, 0.1) is 0 Å². The van der Waals surface area contributed by atoms with E-state index in [2.05, 4.69) is 4.98 Å². The van der Waals surface area contributed by atoms with Crippen LogP contribution >= 0.6 is 0 Å². The van der Waals surface area contributed by atoms with Crippen molar-refractivity contribution in [3.8, 4) is 5.75 Å². The number of nitrogens with zero attached hydrogens (tertiary/aromatic N) is 2. The number of ether oxygens (including phenoxy) is 1. The van der Waals surface area contributed by atoms with Crippen LogP contribution in [0.15, 0.2) is 62.9 Å². The van der Waals surface area contributed by atoms with Crippen molar-refractivity contribution in [3.05, 3.63) is 96.7 Å². The maximum Gasteiger partial charge on any atom is 0.336 e. The Kier molecular flexibility index (Phi) is 5.25. The van der Waals surface area contributed by atoms with E-state index in [0.717, 1.165) is 9.13 Å². The summed E-state index contributed by atoms with van der Waals surface area (Å²) in [5.74, 6) is -0.436. The van der Waals surface area contributed by atoms with Crippen LogP contribution in [0.25, 0.3) is 0 Å². The molecule has 0 radical (unpaired) electrons. The van der Waals surface area contributed by atoms with Gasteiger partial charge in [0.1, 0.15) is 5.75 Å². The van der Waals surface area contributed by atoms with Crippen molar-refractivity contribution in [2.24, 2.45) is 0 Å². The molecule has 0 saturated carbocycles. The van der Waals surface area contributed by atoms with Gasteiger partial charge < -0.3 is 9.84 Å². The number of carboxylic acids is 1. The van der Waals surface area contributed by atoms with E-state index in [9.17, 15) is 19.2 Å². The first-order chi connectivity index (χ1) is 13.4. The van der Waals surface area contributed by atoms with Gasteiger partial charge in [0.2, 0.25) is 0 Å². The van der Waals surface area contributed by atoms with E-state index >= 15 is 0 Å². The quantitative estimate of drug-likeness (QED) is 0.639. The summed E-state index contributed by atoms with van der Waals surface area (Å²) in [6.07, 6.45) is 0. The zero-order valence-corrected chi connectivity index (χ0v) is 14.9. The third-order valence-electron chi connectivity index (χ3n) is 4.21. The molecule has 2 N–H and O–H groups in total. The zero-order valence-electron chi connectivity index (χ0n) is 14.9. The number of aromatic amines is 1. The molecule has 0 saturated heterocycles. The molecule has 0 aliphatic rings. The molecule has 9 nitrogen and oxygen atoms in total. The summed E-state index contributed by atoms with van der Waals surface area (Å²) in [5.41, 5.74) is -1.07. The van der Waals surface area contributed by atoms with Crippen LogP contribution in [0.3, 0.4) is 0 Å². The van der Waals surface area contributed by atoms with E-state index in [1.165, 1.54) is 31.4 Å². The van der Waals surface area contributed by atoms with Gasteiger partial charge in [0.05, 0.1) is 25.8 Å². The van der Waals surface area contributed by atoms with Crippen LogP contribution in [0.2, 0.25) is 0 Å². The van der Waals surface area contributed by atoms with Crippen LogP contribution in [0.1, 0.15) is 21.5 Å². The summed E-state index contributed by atoms with van der Waals surface area (Å²) in [6.45, 7) is -0.118. The molecule has 0 unspecified atom stereocenters. The summed E-state index contributed by atoms with van der Waals surface area (Å²) in [6, 6.07) is 12.6. The lowest BCUT2D eigenvalue weighted by Crippen LogP contribution is -2.49.